The fourth-order valence-corrected chi connectivity index (χ4v) is 2.09. The molecule has 7 nitrogen and oxygen atoms in total. The summed E-state index contributed by atoms with van der Waals surface area (Å²) in [5.74, 6) is 0.896. The first-order valence-corrected chi connectivity index (χ1v) is 6.22. The van der Waals surface area contributed by atoms with Crippen molar-refractivity contribution in [2.75, 3.05) is 40.3 Å². The van der Waals surface area contributed by atoms with Crippen LogP contribution >= 0.6 is 0 Å². The van der Waals surface area contributed by atoms with E-state index in [1.54, 1.807) is 0 Å². The van der Waals surface area contributed by atoms with Gasteiger partial charge in [0.25, 0.3) is 5.89 Å². The molecule has 2 heterocycles. The molecule has 1 aliphatic heterocycles. The van der Waals surface area contributed by atoms with Crippen LogP contribution in [0.15, 0.2) is 4.52 Å². The zero-order valence-corrected chi connectivity index (χ0v) is 10.9. The van der Waals surface area contributed by atoms with Gasteiger partial charge in [-0.2, -0.15) is 4.98 Å². The summed E-state index contributed by atoms with van der Waals surface area (Å²) in [6.07, 6.45) is -0.329. The molecule has 7 heteroatoms. The van der Waals surface area contributed by atoms with Crippen molar-refractivity contribution in [2.24, 2.45) is 5.73 Å². The number of piperazine rings is 1. The Morgan fingerprint density at radius 1 is 1.50 bits per heavy atom. The quantitative estimate of drug-likeness (QED) is 0.740. The molecule has 1 aromatic rings. The maximum atomic E-state index is 9.75. The van der Waals surface area contributed by atoms with Crippen LogP contribution in [0.1, 0.15) is 30.3 Å². The number of rotatable bonds is 4. The van der Waals surface area contributed by atoms with Gasteiger partial charge in [-0.05, 0) is 27.1 Å². The van der Waals surface area contributed by atoms with Gasteiger partial charge in [-0.1, -0.05) is 5.16 Å². The molecule has 2 unspecified atom stereocenters. The van der Waals surface area contributed by atoms with E-state index in [4.69, 9.17) is 10.3 Å². The summed E-state index contributed by atoms with van der Waals surface area (Å²) in [4.78, 5) is 8.72. The van der Waals surface area contributed by atoms with Crippen LogP contribution in [0.25, 0.3) is 0 Å². The van der Waals surface area contributed by atoms with Crippen molar-refractivity contribution in [2.45, 2.75) is 18.6 Å². The number of hydrogen-bond acceptors (Lipinski definition) is 7. The van der Waals surface area contributed by atoms with E-state index in [-0.39, 0.29) is 11.9 Å². The zero-order valence-electron chi connectivity index (χ0n) is 10.9. The van der Waals surface area contributed by atoms with Crippen LogP contribution in [0.4, 0.5) is 0 Å². The minimum Gasteiger partial charge on any atom is -0.383 e. The van der Waals surface area contributed by atoms with Gasteiger partial charge in [0.1, 0.15) is 6.10 Å². The van der Waals surface area contributed by atoms with E-state index < -0.39 is 6.10 Å². The lowest BCUT2D eigenvalue weighted by atomic mass is 10.2. The van der Waals surface area contributed by atoms with Crippen molar-refractivity contribution in [3.05, 3.63) is 11.7 Å². The molecule has 1 fully saturated rings. The van der Waals surface area contributed by atoms with Crippen LogP contribution in [-0.2, 0) is 0 Å². The van der Waals surface area contributed by atoms with Crippen LogP contribution in [0.3, 0.4) is 0 Å². The molecule has 2 atom stereocenters. The third kappa shape index (κ3) is 2.86. The van der Waals surface area contributed by atoms with Gasteiger partial charge in [-0.15, -0.1) is 0 Å². The largest absolute Gasteiger partial charge is 0.383 e. The Kier molecular flexibility index (Phi) is 4.28. The Morgan fingerprint density at radius 2 is 2.28 bits per heavy atom. The highest BCUT2D eigenvalue weighted by Gasteiger charge is 2.28. The Bertz CT molecular complexity index is 383. The summed E-state index contributed by atoms with van der Waals surface area (Å²) < 4.78 is 5.10. The molecule has 0 radical (unpaired) electrons. The van der Waals surface area contributed by atoms with Crippen LogP contribution in [0.2, 0.25) is 0 Å². The monoisotopic (exact) mass is 255 g/mol. The van der Waals surface area contributed by atoms with Crippen molar-refractivity contribution in [3.63, 3.8) is 0 Å². The molecular weight excluding hydrogens is 234 g/mol. The normalized spacial score (nSPS) is 24.3. The molecule has 1 saturated heterocycles. The Balaban J connectivity index is 2.08. The number of aliphatic hydroxyl groups excluding tert-OH is 1. The van der Waals surface area contributed by atoms with Crippen molar-refractivity contribution in [1.82, 2.24) is 19.9 Å². The van der Waals surface area contributed by atoms with Crippen molar-refractivity contribution in [3.8, 4) is 0 Å². The molecule has 0 aliphatic carbocycles. The summed E-state index contributed by atoms with van der Waals surface area (Å²) in [6, 6.07) is 0.117. The molecule has 0 bridgehead atoms. The maximum absolute atomic E-state index is 9.75. The van der Waals surface area contributed by atoms with Gasteiger partial charge in [0.2, 0.25) is 0 Å². The lowest BCUT2D eigenvalue weighted by Crippen LogP contribution is -2.45. The smallest absolute Gasteiger partial charge is 0.255 e. The fraction of sp³-hybridized carbons (Fsp3) is 0.818. The minimum atomic E-state index is -0.761. The third-order valence-electron chi connectivity index (χ3n) is 3.33. The summed E-state index contributed by atoms with van der Waals surface area (Å²) >= 11 is 0. The minimum absolute atomic E-state index is 0.117. The van der Waals surface area contributed by atoms with E-state index in [0.717, 1.165) is 19.6 Å². The molecule has 0 saturated carbocycles. The van der Waals surface area contributed by atoms with Gasteiger partial charge in [0.05, 0.1) is 6.04 Å². The molecule has 18 heavy (non-hydrogen) atoms. The number of nitrogens with zero attached hydrogens (tertiary/aromatic N) is 4. The predicted molar refractivity (Wildman–Crippen MR) is 65.8 cm³/mol. The lowest BCUT2D eigenvalue weighted by molar-refractivity contribution is 0.107. The highest BCUT2D eigenvalue weighted by molar-refractivity contribution is 4.99. The van der Waals surface area contributed by atoms with Crippen molar-refractivity contribution in [1.29, 1.82) is 0 Å². The molecule has 1 aliphatic rings. The van der Waals surface area contributed by atoms with E-state index in [1.807, 2.05) is 7.05 Å². The highest BCUT2D eigenvalue weighted by atomic mass is 16.5. The SMILES string of the molecule is CN1CCN(C)C(c2noc(C(O)CCN)n2)C1. The first kappa shape index (κ1) is 13.4. The first-order chi connectivity index (χ1) is 8.61. The predicted octanol–water partition coefficient (Wildman–Crippen LogP) is -0.630. The molecule has 3 N–H and O–H groups in total. The molecule has 2 rings (SSSR count). The second-order valence-electron chi connectivity index (χ2n) is 4.84. The van der Waals surface area contributed by atoms with Gasteiger partial charge in [0, 0.05) is 19.6 Å². The molecule has 1 aromatic heterocycles. The summed E-state index contributed by atoms with van der Waals surface area (Å²) in [7, 11) is 4.12. The fourth-order valence-electron chi connectivity index (χ4n) is 2.09. The van der Waals surface area contributed by atoms with Gasteiger partial charge in [0.15, 0.2) is 5.82 Å². The number of aromatic nitrogens is 2. The van der Waals surface area contributed by atoms with Crippen LogP contribution in [0, 0.1) is 0 Å². The van der Waals surface area contributed by atoms with Gasteiger partial charge in [-0.3, -0.25) is 4.90 Å². The average molecular weight is 255 g/mol. The number of nitrogens with two attached hydrogens (primary N) is 1. The van der Waals surface area contributed by atoms with E-state index in [0.29, 0.717) is 18.8 Å². The van der Waals surface area contributed by atoms with Gasteiger partial charge < -0.3 is 20.3 Å². The van der Waals surface area contributed by atoms with Crippen LogP contribution in [0.5, 0.6) is 0 Å². The molecule has 0 aromatic carbocycles. The first-order valence-electron chi connectivity index (χ1n) is 6.22. The number of aliphatic hydroxyl groups is 1. The van der Waals surface area contributed by atoms with E-state index in [1.165, 1.54) is 0 Å². The summed E-state index contributed by atoms with van der Waals surface area (Å²) in [5.41, 5.74) is 5.39. The molecule has 102 valence electrons. The van der Waals surface area contributed by atoms with Crippen molar-refractivity contribution < 1.29 is 9.63 Å². The lowest BCUT2D eigenvalue weighted by Gasteiger charge is -2.35. The summed E-state index contributed by atoms with van der Waals surface area (Å²) in [5, 5.41) is 13.7. The standard InChI is InChI=1S/C11H21N5O2/c1-15-5-6-16(2)8(7-15)10-13-11(18-14-10)9(17)3-4-12/h8-9,17H,3-7,12H2,1-2H3. The topological polar surface area (TPSA) is 91.7 Å². The van der Waals surface area contributed by atoms with Crippen LogP contribution < -0.4 is 5.73 Å². The van der Waals surface area contributed by atoms with Crippen molar-refractivity contribution >= 4 is 0 Å². The second-order valence-corrected chi connectivity index (χ2v) is 4.84. The molecular formula is C11H21N5O2. The Labute approximate surface area is 107 Å². The molecule has 0 amide bonds. The third-order valence-corrected chi connectivity index (χ3v) is 3.33. The Hall–Kier alpha value is -1.02. The summed E-state index contributed by atoms with van der Waals surface area (Å²) in [6.45, 7) is 3.26. The zero-order chi connectivity index (χ0) is 13.1. The van der Waals surface area contributed by atoms with Crippen LogP contribution in [-0.4, -0.2) is 65.3 Å². The maximum Gasteiger partial charge on any atom is 0.255 e. The van der Waals surface area contributed by atoms with Gasteiger partial charge >= 0.3 is 0 Å². The molecule has 0 spiro atoms. The van der Waals surface area contributed by atoms with E-state index in [9.17, 15) is 5.11 Å². The highest BCUT2D eigenvalue weighted by Crippen LogP contribution is 2.22. The van der Waals surface area contributed by atoms with E-state index in [2.05, 4.69) is 27.0 Å². The number of likely N-dealkylation sites (N-methyl/N-ethyl adjacent to an activating group) is 2. The Morgan fingerprint density at radius 3 is 3.00 bits per heavy atom. The number of hydrogen-bond donors (Lipinski definition) is 2. The average Bonchev–Trinajstić information content (AvgIpc) is 2.82. The van der Waals surface area contributed by atoms with Gasteiger partial charge in [-0.25, -0.2) is 0 Å². The second kappa shape index (κ2) is 5.75. The van der Waals surface area contributed by atoms with E-state index >= 15 is 0 Å².